The highest BCUT2D eigenvalue weighted by atomic mass is 16.1. The van der Waals surface area contributed by atoms with Gasteiger partial charge >= 0.3 is 0 Å². The van der Waals surface area contributed by atoms with E-state index in [-0.39, 0.29) is 5.91 Å². The second-order valence-electron chi connectivity index (χ2n) is 5.65. The molecule has 6 nitrogen and oxygen atoms in total. The maximum absolute atomic E-state index is 12.6. The van der Waals surface area contributed by atoms with Crippen LogP contribution in [0.3, 0.4) is 0 Å². The van der Waals surface area contributed by atoms with Gasteiger partial charge in [0.05, 0.1) is 17.3 Å². The molecule has 0 unspecified atom stereocenters. The van der Waals surface area contributed by atoms with Crippen molar-refractivity contribution in [3.8, 4) is 0 Å². The number of aromatic amines is 1. The van der Waals surface area contributed by atoms with Gasteiger partial charge in [-0.2, -0.15) is 0 Å². The predicted octanol–water partition coefficient (Wildman–Crippen LogP) is 2.66. The number of aromatic nitrogens is 4. The van der Waals surface area contributed by atoms with Crippen LogP contribution in [0.4, 0.5) is 5.82 Å². The maximum Gasteiger partial charge on any atom is 0.259 e. The highest BCUT2D eigenvalue weighted by molar-refractivity contribution is 6.11. The zero-order valence-electron chi connectivity index (χ0n) is 12.4. The maximum atomic E-state index is 12.6. The zero-order chi connectivity index (χ0) is 15.1. The Hall–Kier alpha value is -2.63. The molecular formula is C16H17N5O. The van der Waals surface area contributed by atoms with E-state index in [9.17, 15) is 4.79 Å². The number of aryl methyl sites for hydroxylation is 2. The van der Waals surface area contributed by atoms with Crippen LogP contribution >= 0.6 is 0 Å². The minimum atomic E-state index is -0.148. The summed E-state index contributed by atoms with van der Waals surface area (Å²) in [7, 11) is 0. The van der Waals surface area contributed by atoms with Gasteiger partial charge in [0.15, 0.2) is 0 Å². The van der Waals surface area contributed by atoms with Gasteiger partial charge in [0, 0.05) is 13.0 Å². The molecule has 3 aromatic rings. The molecule has 1 amide bonds. The fraction of sp³-hybridized carbons (Fsp3) is 0.312. The average molecular weight is 295 g/mol. The molecule has 4 rings (SSSR count). The number of hydrogen-bond acceptors (Lipinski definition) is 3. The topological polar surface area (TPSA) is 75.6 Å². The van der Waals surface area contributed by atoms with Crippen LogP contribution in [-0.2, 0) is 13.0 Å². The van der Waals surface area contributed by atoms with Crippen LogP contribution < -0.4 is 5.32 Å². The molecule has 1 aliphatic rings. The van der Waals surface area contributed by atoms with Gasteiger partial charge in [0.2, 0.25) is 0 Å². The van der Waals surface area contributed by atoms with Crippen LogP contribution in [0.15, 0.2) is 24.4 Å². The zero-order valence-corrected chi connectivity index (χ0v) is 12.4. The van der Waals surface area contributed by atoms with E-state index >= 15 is 0 Å². The lowest BCUT2D eigenvalue weighted by Crippen LogP contribution is -2.18. The standard InChI is InChI=1S/C16H17N5O/c1-10-18-12-6-4-5-11(15(12)19-10)16(22)20-14-9-17-13-7-2-3-8-21(13)14/h4-6,9H,2-3,7-8H2,1H3,(H,18,19)(H,20,22). The van der Waals surface area contributed by atoms with Crippen LogP contribution in [-0.4, -0.2) is 25.4 Å². The summed E-state index contributed by atoms with van der Waals surface area (Å²) in [5.74, 6) is 2.47. The summed E-state index contributed by atoms with van der Waals surface area (Å²) in [5, 5.41) is 2.98. The summed E-state index contributed by atoms with van der Waals surface area (Å²) in [5.41, 5.74) is 2.16. The average Bonchev–Trinajstić information content (AvgIpc) is 3.09. The molecule has 0 atom stereocenters. The second-order valence-corrected chi connectivity index (χ2v) is 5.65. The minimum absolute atomic E-state index is 0.148. The first-order chi connectivity index (χ1) is 10.7. The molecule has 0 spiro atoms. The van der Waals surface area contributed by atoms with E-state index in [1.54, 1.807) is 12.3 Å². The molecule has 0 saturated heterocycles. The molecule has 0 bridgehead atoms. The van der Waals surface area contributed by atoms with Crippen molar-refractivity contribution < 1.29 is 4.79 Å². The van der Waals surface area contributed by atoms with E-state index in [0.29, 0.717) is 11.1 Å². The normalized spacial score (nSPS) is 14.0. The molecule has 1 aromatic carbocycles. The molecule has 0 saturated carbocycles. The number of para-hydroxylation sites is 1. The Labute approximate surface area is 127 Å². The van der Waals surface area contributed by atoms with Crippen LogP contribution in [0.2, 0.25) is 0 Å². The SMILES string of the molecule is Cc1nc2c(C(=O)Nc3cnc4n3CCCC4)cccc2[nH]1. The number of hydrogen-bond donors (Lipinski definition) is 2. The molecule has 3 heterocycles. The lowest BCUT2D eigenvalue weighted by Gasteiger charge is -2.16. The Morgan fingerprint density at radius 1 is 1.36 bits per heavy atom. The fourth-order valence-corrected chi connectivity index (χ4v) is 3.04. The highest BCUT2D eigenvalue weighted by Gasteiger charge is 2.18. The summed E-state index contributed by atoms with van der Waals surface area (Å²) >= 11 is 0. The number of anilines is 1. The lowest BCUT2D eigenvalue weighted by atomic mass is 10.1. The van der Waals surface area contributed by atoms with Crippen molar-refractivity contribution >= 4 is 22.8 Å². The van der Waals surface area contributed by atoms with Crippen LogP contribution in [0.5, 0.6) is 0 Å². The first kappa shape index (κ1) is 13.1. The van der Waals surface area contributed by atoms with E-state index in [0.717, 1.165) is 48.8 Å². The summed E-state index contributed by atoms with van der Waals surface area (Å²) in [6.07, 6.45) is 5.01. The van der Waals surface area contributed by atoms with Crippen molar-refractivity contribution in [2.75, 3.05) is 5.32 Å². The van der Waals surface area contributed by atoms with Crippen LogP contribution in [0.25, 0.3) is 11.0 Å². The quantitative estimate of drug-likeness (QED) is 0.763. The Kier molecular flexibility index (Phi) is 2.96. The third kappa shape index (κ3) is 2.07. The number of fused-ring (bicyclic) bond motifs is 2. The van der Waals surface area contributed by atoms with Crippen LogP contribution in [0, 0.1) is 6.92 Å². The van der Waals surface area contributed by atoms with Gasteiger partial charge in [-0.05, 0) is 31.9 Å². The number of imidazole rings is 2. The van der Waals surface area contributed by atoms with Gasteiger partial charge in [-0.3, -0.25) is 4.79 Å². The number of amides is 1. The van der Waals surface area contributed by atoms with Gasteiger partial charge in [-0.1, -0.05) is 6.07 Å². The molecule has 6 heteroatoms. The molecule has 22 heavy (non-hydrogen) atoms. The van der Waals surface area contributed by atoms with Gasteiger partial charge in [0.25, 0.3) is 5.91 Å². The first-order valence-electron chi connectivity index (χ1n) is 7.53. The van der Waals surface area contributed by atoms with Crippen molar-refractivity contribution in [2.24, 2.45) is 0 Å². The molecular weight excluding hydrogens is 278 g/mol. The Bertz CT molecular complexity index is 861. The van der Waals surface area contributed by atoms with Crippen LogP contribution in [0.1, 0.15) is 34.8 Å². The Balaban J connectivity index is 1.68. The first-order valence-corrected chi connectivity index (χ1v) is 7.53. The predicted molar refractivity (Wildman–Crippen MR) is 83.9 cm³/mol. The van der Waals surface area contributed by atoms with E-state index < -0.39 is 0 Å². The number of rotatable bonds is 2. The van der Waals surface area contributed by atoms with Crippen molar-refractivity contribution in [3.05, 3.63) is 41.6 Å². The summed E-state index contributed by atoms with van der Waals surface area (Å²) in [6.45, 7) is 2.80. The molecule has 0 fully saturated rings. The van der Waals surface area contributed by atoms with Gasteiger partial charge in [-0.15, -0.1) is 0 Å². The number of benzene rings is 1. The number of H-pyrrole nitrogens is 1. The van der Waals surface area contributed by atoms with Crippen molar-refractivity contribution in [1.29, 1.82) is 0 Å². The molecule has 2 N–H and O–H groups in total. The Morgan fingerprint density at radius 2 is 2.27 bits per heavy atom. The van der Waals surface area contributed by atoms with Gasteiger partial charge in [0.1, 0.15) is 23.0 Å². The van der Waals surface area contributed by atoms with Crippen molar-refractivity contribution in [2.45, 2.75) is 32.7 Å². The van der Waals surface area contributed by atoms with Gasteiger partial charge < -0.3 is 14.9 Å². The fourth-order valence-electron chi connectivity index (χ4n) is 3.04. The smallest absolute Gasteiger partial charge is 0.259 e. The number of nitrogens with one attached hydrogen (secondary N) is 2. The third-order valence-electron chi connectivity index (χ3n) is 4.09. The number of nitrogens with zero attached hydrogens (tertiary/aromatic N) is 3. The highest BCUT2D eigenvalue weighted by Crippen LogP contribution is 2.22. The number of carbonyl (C=O) groups is 1. The summed E-state index contributed by atoms with van der Waals surface area (Å²) in [4.78, 5) is 24.6. The third-order valence-corrected chi connectivity index (χ3v) is 4.09. The Morgan fingerprint density at radius 3 is 3.18 bits per heavy atom. The molecule has 1 aliphatic heterocycles. The van der Waals surface area contributed by atoms with E-state index in [1.807, 2.05) is 19.1 Å². The van der Waals surface area contributed by atoms with E-state index in [1.165, 1.54) is 0 Å². The molecule has 2 aromatic heterocycles. The summed E-state index contributed by atoms with van der Waals surface area (Å²) < 4.78 is 2.09. The summed E-state index contributed by atoms with van der Waals surface area (Å²) in [6, 6.07) is 5.58. The lowest BCUT2D eigenvalue weighted by molar-refractivity contribution is 0.102. The second kappa shape index (κ2) is 4.98. The van der Waals surface area contributed by atoms with E-state index in [2.05, 4.69) is 24.8 Å². The van der Waals surface area contributed by atoms with E-state index in [4.69, 9.17) is 0 Å². The van der Waals surface area contributed by atoms with Crippen molar-refractivity contribution in [1.82, 2.24) is 19.5 Å². The number of carbonyl (C=O) groups excluding carboxylic acids is 1. The largest absolute Gasteiger partial charge is 0.342 e. The molecule has 0 aliphatic carbocycles. The molecule has 112 valence electrons. The minimum Gasteiger partial charge on any atom is -0.342 e. The molecule has 0 radical (unpaired) electrons. The van der Waals surface area contributed by atoms with Gasteiger partial charge in [-0.25, -0.2) is 9.97 Å². The van der Waals surface area contributed by atoms with Crippen molar-refractivity contribution in [3.63, 3.8) is 0 Å². The monoisotopic (exact) mass is 295 g/mol.